The van der Waals surface area contributed by atoms with Crippen molar-refractivity contribution >= 4 is 28.7 Å². The van der Waals surface area contributed by atoms with Gasteiger partial charge in [-0.15, -0.1) is 0 Å². The zero-order valence-electron chi connectivity index (χ0n) is 8.41. The third-order valence-electron chi connectivity index (χ3n) is 1.46. The number of halogens is 1. The molecule has 0 amide bonds. The Hall–Kier alpha value is 0.273. The van der Waals surface area contributed by atoms with Crippen molar-refractivity contribution in [3.05, 3.63) is 46.4 Å². The molecule has 1 nitrogen and oxygen atoms in total. The van der Waals surface area contributed by atoms with Gasteiger partial charge in [-0.05, 0) is 18.1 Å². The monoisotopic (exact) mass is 353 g/mol. The summed E-state index contributed by atoms with van der Waals surface area (Å²) in [5, 5.41) is 8.73. The Balaban J connectivity index is 0. The topological polar surface area (TPSA) is 20.2 Å². The molecule has 0 saturated carbocycles. The Bertz CT molecular complexity index is 247. The molecular weight excluding hydrogens is 340 g/mol. The standard InChI is InChI=1S/C10H12O.CH2I.Zn/c1-9(8-11)7-10-5-3-2-4-6-10;1-2;/h2-7,11H,8H2,1H3;1H2;/q;-1;/b9-7+;;. The number of rotatable bonds is 2. The largest absolute Gasteiger partial charge is 0.392 e. The van der Waals surface area contributed by atoms with Crippen molar-refractivity contribution in [2.45, 2.75) is 6.92 Å². The van der Waals surface area contributed by atoms with Crippen LogP contribution in [0.3, 0.4) is 0 Å². The van der Waals surface area contributed by atoms with Crippen molar-refractivity contribution in [1.82, 2.24) is 0 Å². The molecule has 0 bridgehead atoms. The molecule has 0 aliphatic carbocycles. The van der Waals surface area contributed by atoms with Crippen LogP contribution in [-0.2, 0) is 19.5 Å². The molecule has 1 aromatic rings. The molecule has 0 saturated heterocycles. The van der Waals surface area contributed by atoms with Crippen LogP contribution < -0.4 is 0 Å². The molecule has 0 unspecified atom stereocenters. The first-order valence-corrected chi connectivity index (χ1v) is 5.45. The molecule has 0 fully saturated rings. The van der Waals surface area contributed by atoms with Gasteiger partial charge in [-0.1, -0.05) is 36.4 Å². The third-order valence-corrected chi connectivity index (χ3v) is 1.46. The number of hydrogen-bond donors (Lipinski definition) is 1. The van der Waals surface area contributed by atoms with E-state index in [9.17, 15) is 0 Å². The molecule has 1 aromatic carbocycles. The fourth-order valence-electron chi connectivity index (χ4n) is 0.879. The summed E-state index contributed by atoms with van der Waals surface area (Å²) in [6.07, 6.45) is 1.97. The Morgan fingerprint density at radius 3 is 2.29 bits per heavy atom. The number of aliphatic hydroxyl groups is 1. The van der Waals surface area contributed by atoms with E-state index in [1.807, 2.05) is 65.9 Å². The molecule has 0 spiro atoms. The van der Waals surface area contributed by atoms with Gasteiger partial charge in [0.1, 0.15) is 0 Å². The fourth-order valence-corrected chi connectivity index (χ4v) is 0.879. The van der Waals surface area contributed by atoms with Gasteiger partial charge < -0.3 is 27.7 Å². The van der Waals surface area contributed by atoms with E-state index in [-0.39, 0.29) is 26.1 Å². The molecule has 1 rings (SSSR count). The summed E-state index contributed by atoms with van der Waals surface area (Å²) in [5.74, 6) is 0. The second-order valence-corrected chi connectivity index (χ2v) is 2.56. The normalized spacial score (nSPS) is 9.57. The van der Waals surface area contributed by atoms with Crippen molar-refractivity contribution in [2.24, 2.45) is 0 Å². The van der Waals surface area contributed by atoms with E-state index in [1.54, 1.807) is 0 Å². The van der Waals surface area contributed by atoms with E-state index in [0.29, 0.717) is 0 Å². The van der Waals surface area contributed by atoms with Crippen LogP contribution in [0.25, 0.3) is 6.08 Å². The van der Waals surface area contributed by atoms with Crippen molar-refractivity contribution in [1.29, 1.82) is 0 Å². The van der Waals surface area contributed by atoms with Crippen LogP contribution in [0.5, 0.6) is 0 Å². The van der Waals surface area contributed by atoms with Gasteiger partial charge in [-0.2, -0.15) is 0 Å². The van der Waals surface area contributed by atoms with Gasteiger partial charge >= 0.3 is 0 Å². The number of aliphatic hydroxyl groups excluding tert-OH is 1. The molecule has 0 aliphatic heterocycles. The Kier molecular flexibility index (Phi) is 13.5. The zero-order valence-corrected chi connectivity index (χ0v) is 13.5. The Labute approximate surface area is 113 Å². The van der Waals surface area contributed by atoms with Gasteiger partial charge in [0.25, 0.3) is 0 Å². The minimum atomic E-state index is 0. The van der Waals surface area contributed by atoms with Crippen LogP contribution in [0.1, 0.15) is 12.5 Å². The van der Waals surface area contributed by atoms with Crippen molar-refractivity contribution in [3.63, 3.8) is 0 Å². The zero-order chi connectivity index (χ0) is 10.1. The van der Waals surface area contributed by atoms with Crippen LogP contribution in [0.4, 0.5) is 0 Å². The summed E-state index contributed by atoms with van der Waals surface area (Å²) in [7, 11) is 0. The van der Waals surface area contributed by atoms with Crippen molar-refractivity contribution < 1.29 is 24.6 Å². The van der Waals surface area contributed by atoms with E-state index in [2.05, 4.69) is 4.93 Å². The third kappa shape index (κ3) is 7.66. The summed E-state index contributed by atoms with van der Waals surface area (Å²) >= 11 is 1.90. The van der Waals surface area contributed by atoms with Crippen LogP contribution in [0.2, 0.25) is 0 Å². The van der Waals surface area contributed by atoms with Gasteiger partial charge in [-0.25, -0.2) is 0 Å². The van der Waals surface area contributed by atoms with E-state index in [4.69, 9.17) is 5.11 Å². The maximum Gasteiger partial charge on any atom is 0.0642 e. The predicted molar refractivity (Wildman–Crippen MR) is 66.6 cm³/mol. The van der Waals surface area contributed by atoms with E-state index in [0.717, 1.165) is 11.1 Å². The molecule has 0 aromatic heterocycles. The average Bonchev–Trinajstić information content (AvgIpc) is 2.22. The SMILES string of the molecule is C/C(=C\c1ccccc1)CO.[CH2-]I.[Zn]. The molecule has 14 heavy (non-hydrogen) atoms. The Morgan fingerprint density at radius 2 is 1.86 bits per heavy atom. The van der Waals surface area contributed by atoms with Crippen LogP contribution in [-0.4, -0.2) is 11.7 Å². The van der Waals surface area contributed by atoms with Gasteiger partial charge in [0.05, 0.1) is 6.61 Å². The van der Waals surface area contributed by atoms with Crippen molar-refractivity contribution in [2.75, 3.05) is 6.61 Å². The smallest absolute Gasteiger partial charge is 0.0642 e. The second-order valence-electron chi connectivity index (χ2n) is 2.56. The van der Waals surface area contributed by atoms with Crippen molar-refractivity contribution in [3.8, 4) is 0 Å². The minimum Gasteiger partial charge on any atom is -0.392 e. The molecule has 0 heterocycles. The first kappa shape index (κ1) is 16.7. The van der Waals surface area contributed by atoms with Crippen LogP contribution in [0.15, 0.2) is 35.9 Å². The molecule has 0 aliphatic rings. The first-order valence-electron chi connectivity index (χ1n) is 3.93. The predicted octanol–water partition coefficient (Wildman–Crippen LogP) is 3.29. The van der Waals surface area contributed by atoms with Gasteiger partial charge in [0.2, 0.25) is 0 Å². The maximum absolute atomic E-state index is 8.73. The molecule has 3 heteroatoms. The summed E-state index contributed by atoms with van der Waals surface area (Å²) < 4.78 is 0. The van der Waals surface area contributed by atoms with Gasteiger partial charge in [-0.3, -0.25) is 4.93 Å². The molecule has 1 N–H and O–H groups in total. The second kappa shape index (κ2) is 11.3. The molecular formula is C11H14IOZn-. The first-order chi connectivity index (χ1) is 6.33. The van der Waals surface area contributed by atoms with Gasteiger partial charge in [0.15, 0.2) is 0 Å². The summed E-state index contributed by atoms with van der Waals surface area (Å²) in [5.41, 5.74) is 2.12. The van der Waals surface area contributed by atoms with Gasteiger partial charge in [0, 0.05) is 19.5 Å². The Morgan fingerprint density at radius 1 is 1.36 bits per heavy atom. The van der Waals surface area contributed by atoms with E-state index in [1.165, 1.54) is 0 Å². The molecule has 0 atom stereocenters. The fraction of sp³-hybridized carbons (Fsp3) is 0.182. The van der Waals surface area contributed by atoms with E-state index >= 15 is 0 Å². The van der Waals surface area contributed by atoms with E-state index < -0.39 is 0 Å². The minimum absolute atomic E-state index is 0. The maximum atomic E-state index is 8.73. The number of hydrogen-bond acceptors (Lipinski definition) is 1. The van der Waals surface area contributed by atoms with Crippen LogP contribution >= 0.6 is 22.6 Å². The van der Waals surface area contributed by atoms with Crippen LogP contribution in [0, 0.1) is 4.93 Å². The number of benzene rings is 1. The summed E-state index contributed by atoms with van der Waals surface area (Å²) in [4.78, 5) is 3.22. The summed E-state index contributed by atoms with van der Waals surface area (Å²) in [6, 6.07) is 9.97. The average molecular weight is 355 g/mol. The summed E-state index contributed by atoms with van der Waals surface area (Å²) in [6.45, 7) is 2.04. The molecule has 74 valence electrons. The quantitative estimate of drug-likeness (QED) is 0.491. The molecule has 0 radical (unpaired) electrons.